The van der Waals surface area contributed by atoms with Gasteiger partial charge in [-0.25, -0.2) is 4.79 Å². The fourth-order valence-corrected chi connectivity index (χ4v) is 6.31. The van der Waals surface area contributed by atoms with E-state index in [1.807, 2.05) is 10.8 Å². The molecule has 0 radical (unpaired) electrons. The van der Waals surface area contributed by atoms with E-state index in [1.54, 1.807) is 92.1 Å². The lowest BCUT2D eigenvalue weighted by Gasteiger charge is -2.37. The molecule has 1 aliphatic heterocycles. The van der Waals surface area contributed by atoms with E-state index in [2.05, 4.69) is 43.5 Å². The quantitative estimate of drug-likeness (QED) is 0.193. The number of benzene rings is 2. The fraction of sp³-hybridized carbons (Fsp3) is 0.314. The molecule has 2 aromatic carbocycles. The number of anilines is 1. The number of carbonyl (C=O) groups excluding carboxylic acids is 3. The zero-order valence-corrected chi connectivity index (χ0v) is 28.9. The molecule has 2 aromatic heterocycles. The highest BCUT2D eigenvalue weighted by Crippen LogP contribution is 2.33. The summed E-state index contributed by atoms with van der Waals surface area (Å²) in [5.41, 5.74) is 2.99. The number of piperidine rings is 1. The molecular weight excluding hydrogens is 682 g/mol. The van der Waals surface area contributed by atoms with Crippen LogP contribution in [0.1, 0.15) is 62.8 Å². The molecule has 0 bridgehead atoms. The molecule has 1 fully saturated rings. The first kappa shape index (κ1) is 33.8. The Morgan fingerprint density at radius 1 is 1.11 bits per heavy atom. The van der Waals surface area contributed by atoms with Crippen molar-refractivity contribution in [2.75, 3.05) is 11.9 Å². The van der Waals surface area contributed by atoms with Crippen LogP contribution in [0, 0.1) is 11.8 Å². The van der Waals surface area contributed by atoms with E-state index in [9.17, 15) is 19.5 Å². The Hall–Kier alpha value is -4.60. The molecule has 0 spiro atoms. The van der Waals surface area contributed by atoms with Gasteiger partial charge in [-0.05, 0) is 105 Å². The number of aromatic nitrogens is 2. The third kappa shape index (κ3) is 8.61. The molecule has 1 aliphatic rings. The number of nitrogens with zero attached hydrogens (tertiary/aromatic N) is 3. The van der Waals surface area contributed by atoms with Crippen LogP contribution in [0.5, 0.6) is 5.75 Å². The summed E-state index contributed by atoms with van der Waals surface area (Å²) in [6.07, 6.45) is 3.15. The number of aromatic hydroxyl groups is 1. The molecule has 4 aromatic rings. The minimum atomic E-state index is -0.977. The molecule has 0 saturated carbocycles. The molecule has 10 nitrogen and oxygen atoms in total. The molecule has 2 atom stereocenters. The molecule has 3 heterocycles. The number of likely N-dealkylation sites (tertiary alicyclic amines) is 1. The Labute approximate surface area is 286 Å². The van der Waals surface area contributed by atoms with Crippen molar-refractivity contribution >= 4 is 50.9 Å². The number of hydrogen-bond acceptors (Lipinski definition) is 7. The second kappa shape index (κ2) is 14.4. The topological polar surface area (TPSA) is 126 Å². The highest BCUT2D eigenvalue weighted by molar-refractivity contribution is 9.10. The van der Waals surface area contributed by atoms with Crippen molar-refractivity contribution in [3.63, 3.8) is 0 Å². The van der Waals surface area contributed by atoms with Crippen LogP contribution < -0.4 is 10.6 Å². The molecule has 0 aliphatic carbocycles. The van der Waals surface area contributed by atoms with Gasteiger partial charge < -0.3 is 25.4 Å². The van der Waals surface area contributed by atoms with Gasteiger partial charge in [0, 0.05) is 41.1 Å². The second-order valence-corrected chi connectivity index (χ2v) is 13.9. The Morgan fingerprint density at radius 3 is 2.57 bits per heavy atom. The summed E-state index contributed by atoms with van der Waals surface area (Å²) in [4.78, 5) is 41.7. The minimum Gasteiger partial charge on any atom is -0.507 e. The monoisotopic (exact) mass is 717 g/mol. The minimum absolute atomic E-state index is 0.106. The lowest BCUT2D eigenvalue weighted by Crippen LogP contribution is -2.53. The third-order valence-electron chi connectivity index (χ3n) is 7.41. The molecule has 0 unspecified atom stereocenters. The van der Waals surface area contributed by atoms with Crippen molar-refractivity contribution in [3.8, 4) is 28.8 Å². The van der Waals surface area contributed by atoms with Crippen molar-refractivity contribution in [2.45, 2.75) is 57.7 Å². The summed E-state index contributed by atoms with van der Waals surface area (Å²) in [6.45, 7) is 5.67. The summed E-state index contributed by atoms with van der Waals surface area (Å²) < 4.78 is 7.88. The lowest BCUT2D eigenvalue weighted by molar-refractivity contribution is -0.142. The summed E-state index contributed by atoms with van der Waals surface area (Å²) in [5, 5.41) is 24.2. The maximum atomic E-state index is 13.9. The van der Waals surface area contributed by atoms with Crippen LogP contribution in [-0.2, 0) is 21.4 Å². The smallest absolute Gasteiger partial charge is 0.408 e. The predicted octanol–water partition coefficient (Wildman–Crippen LogP) is 6.60. The van der Waals surface area contributed by atoms with Crippen LogP contribution in [-0.4, -0.2) is 55.9 Å². The van der Waals surface area contributed by atoms with Crippen LogP contribution >= 0.6 is 27.3 Å². The van der Waals surface area contributed by atoms with Crippen LogP contribution in [0.4, 0.5) is 10.5 Å². The number of ether oxygens (including phenoxy) is 1. The number of alkyl carbamates (subject to hydrolysis) is 1. The normalized spacial score (nSPS) is 15.3. The number of hydrogen-bond donors (Lipinski definition) is 3. The molecular formula is C35H36BrN5O5S. The van der Waals surface area contributed by atoms with E-state index < -0.39 is 23.8 Å². The number of rotatable bonds is 6. The van der Waals surface area contributed by atoms with Gasteiger partial charge in [0.25, 0.3) is 5.91 Å². The van der Waals surface area contributed by atoms with Gasteiger partial charge in [0.2, 0.25) is 5.91 Å². The van der Waals surface area contributed by atoms with Crippen LogP contribution in [0.15, 0.2) is 70.0 Å². The van der Waals surface area contributed by atoms with Gasteiger partial charge in [0.15, 0.2) is 0 Å². The van der Waals surface area contributed by atoms with Crippen molar-refractivity contribution in [3.05, 3.63) is 86.7 Å². The van der Waals surface area contributed by atoms with Gasteiger partial charge in [-0.2, -0.15) is 16.4 Å². The Balaban J connectivity index is 1.29. The zero-order valence-electron chi connectivity index (χ0n) is 26.5. The number of halogens is 1. The number of carbonyl (C=O) groups is 3. The SMILES string of the molecule is Cn1cc(C#Cc2ccc(NC(=O)[C@@H]3CCCCN3C(=O)[C@@H](NC(=O)OC(C)(C)C)c3ccsc3)cc2)c(-c2cc(Br)ccc2O)n1. The standard InChI is InChI=1S/C35H36BrN5O5S/c1-35(2,3)46-34(45)38-31(24-16-18-47-21-24)33(44)41-17-6-5-7-28(41)32(43)37-26-13-9-22(10-14-26)8-11-23-20-40(4)39-30(23)27-19-25(36)12-15-29(27)42/h9-10,12-16,18-21,28,31,42H,5-7,17H2,1-4H3,(H,37,43)(H,38,45)/t28-,31-/m0/s1. The third-order valence-corrected chi connectivity index (χ3v) is 8.60. The van der Waals surface area contributed by atoms with Crippen molar-refractivity contribution in [2.24, 2.45) is 7.05 Å². The van der Waals surface area contributed by atoms with Gasteiger partial charge in [0.05, 0.1) is 5.56 Å². The highest BCUT2D eigenvalue weighted by atomic mass is 79.9. The zero-order chi connectivity index (χ0) is 33.7. The van der Waals surface area contributed by atoms with Crippen LogP contribution in [0.25, 0.3) is 11.3 Å². The van der Waals surface area contributed by atoms with E-state index in [-0.39, 0.29) is 17.6 Å². The molecule has 3 N–H and O–H groups in total. The van der Waals surface area contributed by atoms with Crippen molar-refractivity contribution in [1.29, 1.82) is 0 Å². The molecule has 12 heteroatoms. The largest absolute Gasteiger partial charge is 0.507 e. The fourth-order valence-electron chi connectivity index (χ4n) is 5.26. The van der Waals surface area contributed by atoms with Gasteiger partial charge in [-0.1, -0.05) is 27.8 Å². The molecule has 47 heavy (non-hydrogen) atoms. The maximum absolute atomic E-state index is 13.9. The summed E-state index contributed by atoms with van der Waals surface area (Å²) in [7, 11) is 1.79. The number of amides is 3. The molecule has 5 rings (SSSR count). The van der Waals surface area contributed by atoms with E-state index >= 15 is 0 Å². The summed E-state index contributed by atoms with van der Waals surface area (Å²) in [6, 6.07) is 12.4. The Morgan fingerprint density at radius 2 is 1.87 bits per heavy atom. The average molecular weight is 719 g/mol. The van der Waals surface area contributed by atoms with Crippen molar-refractivity contribution < 1.29 is 24.2 Å². The number of aryl methyl sites for hydroxylation is 1. The molecule has 3 amide bonds. The first-order valence-corrected chi connectivity index (χ1v) is 16.9. The molecule has 1 saturated heterocycles. The second-order valence-electron chi connectivity index (χ2n) is 12.2. The summed E-state index contributed by atoms with van der Waals surface area (Å²) >= 11 is 4.86. The highest BCUT2D eigenvalue weighted by Gasteiger charge is 2.37. The number of phenols is 1. The lowest BCUT2D eigenvalue weighted by atomic mass is 9.98. The first-order chi connectivity index (χ1) is 22.4. The predicted molar refractivity (Wildman–Crippen MR) is 185 cm³/mol. The van der Waals surface area contributed by atoms with Gasteiger partial charge in [-0.15, -0.1) is 0 Å². The summed E-state index contributed by atoms with van der Waals surface area (Å²) in [5.74, 6) is 5.73. The average Bonchev–Trinajstić information content (AvgIpc) is 3.69. The van der Waals surface area contributed by atoms with Crippen LogP contribution in [0.2, 0.25) is 0 Å². The Bertz CT molecular complexity index is 1820. The Kier molecular flexibility index (Phi) is 10.4. The van der Waals surface area contributed by atoms with E-state index in [0.29, 0.717) is 41.0 Å². The first-order valence-electron chi connectivity index (χ1n) is 15.2. The van der Waals surface area contributed by atoms with E-state index in [0.717, 1.165) is 22.9 Å². The number of thiophene rings is 1. The molecule has 244 valence electrons. The number of phenolic OH excluding ortho intramolecular Hbond substituents is 1. The number of nitrogens with one attached hydrogen (secondary N) is 2. The van der Waals surface area contributed by atoms with Crippen LogP contribution in [0.3, 0.4) is 0 Å². The van der Waals surface area contributed by atoms with Gasteiger partial charge in [-0.3, -0.25) is 14.3 Å². The maximum Gasteiger partial charge on any atom is 0.408 e. The van der Waals surface area contributed by atoms with Crippen molar-refractivity contribution in [1.82, 2.24) is 20.0 Å². The van der Waals surface area contributed by atoms with E-state index in [4.69, 9.17) is 4.74 Å². The van der Waals surface area contributed by atoms with Gasteiger partial charge >= 0.3 is 6.09 Å². The van der Waals surface area contributed by atoms with E-state index in [1.165, 1.54) is 11.3 Å². The van der Waals surface area contributed by atoms with Gasteiger partial charge in [0.1, 0.15) is 29.1 Å².